The Kier molecular flexibility index (Phi) is 7.26. The van der Waals surface area contributed by atoms with E-state index < -0.39 is 0 Å². The van der Waals surface area contributed by atoms with Gasteiger partial charge in [0.15, 0.2) is 0 Å². The van der Waals surface area contributed by atoms with Crippen LogP contribution in [0.15, 0.2) is 30.3 Å². The van der Waals surface area contributed by atoms with Gasteiger partial charge in [0.1, 0.15) is 6.04 Å². The molecule has 1 atom stereocenters. The Morgan fingerprint density at radius 1 is 1.20 bits per heavy atom. The Morgan fingerprint density at radius 2 is 1.88 bits per heavy atom. The lowest BCUT2D eigenvalue weighted by molar-refractivity contribution is -0.137. The molecule has 0 saturated carbocycles. The second-order valence-electron chi connectivity index (χ2n) is 6.87. The molecule has 1 aromatic carbocycles. The molecule has 3 rings (SSSR count). The molecule has 2 amide bonds. The largest absolute Gasteiger partial charge is 0.334 e. The van der Waals surface area contributed by atoms with E-state index in [2.05, 4.69) is 5.32 Å². The second-order valence-corrected chi connectivity index (χ2v) is 6.87. The molecule has 2 fully saturated rings. The molecular weight excluding hydrogens is 338 g/mol. The van der Waals surface area contributed by atoms with Crippen LogP contribution in [0.3, 0.4) is 0 Å². The SMILES string of the molecule is CN(C(=O)CCC1CCNCC1)C1CCN(c2ccccc2)C1=O.Cl. The van der Waals surface area contributed by atoms with E-state index in [0.717, 1.165) is 38.0 Å². The molecule has 1 aromatic rings. The summed E-state index contributed by atoms with van der Waals surface area (Å²) in [7, 11) is 1.78. The van der Waals surface area contributed by atoms with Crippen molar-refractivity contribution in [3.05, 3.63) is 30.3 Å². The number of nitrogens with one attached hydrogen (secondary N) is 1. The lowest BCUT2D eigenvalue weighted by Crippen LogP contribution is -2.43. The number of carbonyl (C=O) groups is 2. The number of hydrogen-bond donors (Lipinski definition) is 1. The van der Waals surface area contributed by atoms with Crippen LogP contribution in [0.2, 0.25) is 0 Å². The first-order valence-electron chi connectivity index (χ1n) is 8.99. The number of para-hydroxylation sites is 1. The smallest absolute Gasteiger partial charge is 0.249 e. The average Bonchev–Trinajstić information content (AvgIpc) is 3.02. The average molecular weight is 366 g/mol. The molecule has 0 bridgehead atoms. The number of likely N-dealkylation sites (N-methyl/N-ethyl adjacent to an activating group) is 1. The maximum Gasteiger partial charge on any atom is 0.249 e. The maximum absolute atomic E-state index is 12.7. The highest BCUT2D eigenvalue weighted by atomic mass is 35.5. The summed E-state index contributed by atoms with van der Waals surface area (Å²) in [5.41, 5.74) is 0.917. The van der Waals surface area contributed by atoms with Crippen molar-refractivity contribution < 1.29 is 9.59 Å². The fraction of sp³-hybridized carbons (Fsp3) is 0.579. The van der Waals surface area contributed by atoms with Crippen molar-refractivity contribution >= 4 is 29.9 Å². The van der Waals surface area contributed by atoms with Gasteiger partial charge in [-0.2, -0.15) is 0 Å². The molecule has 0 spiro atoms. The van der Waals surface area contributed by atoms with Crippen LogP contribution in [0, 0.1) is 5.92 Å². The van der Waals surface area contributed by atoms with Gasteiger partial charge < -0.3 is 15.1 Å². The molecule has 0 aliphatic carbocycles. The van der Waals surface area contributed by atoms with Crippen LogP contribution < -0.4 is 10.2 Å². The minimum Gasteiger partial charge on any atom is -0.334 e. The van der Waals surface area contributed by atoms with Crippen molar-refractivity contribution in [3.63, 3.8) is 0 Å². The van der Waals surface area contributed by atoms with Crippen LogP contribution in [-0.2, 0) is 9.59 Å². The number of carbonyl (C=O) groups excluding carboxylic acids is 2. The van der Waals surface area contributed by atoms with Crippen molar-refractivity contribution in [2.45, 2.75) is 38.1 Å². The number of hydrogen-bond acceptors (Lipinski definition) is 3. The lowest BCUT2D eigenvalue weighted by atomic mass is 9.93. The standard InChI is InChI=1S/C19H27N3O2.ClH/c1-21(18(23)8-7-15-9-12-20-13-10-15)17-11-14-22(19(17)24)16-5-3-2-4-6-16;/h2-6,15,17,20H,7-14H2,1H3;1H. The van der Waals surface area contributed by atoms with Crippen LogP contribution in [0.25, 0.3) is 0 Å². The van der Waals surface area contributed by atoms with Gasteiger partial charge in [-0.3, -0.25) is 9.59 Å². The predicted molar refractivity (Wildman–Crippen MR) is 102 cm³/mol. The van der Waals surface area contributed by atoms with Crippen LogP contribution in [0.5, 0.6) is 0 Å². The molecule has 2 aliphatic rings. The van der Waals surface area contributed by atoms with Gasteiger partial charge in [-0.05, 0) is 56.8 Å². The van der Waals surface area contributed by atoms with Crippen molar-refractivity contribution in [1.82, 2.24) is 10.2 Å². The number of benzene rings is 1. The number of piperidine rings is 1. The highest BCUT2D eigenvalue weighted by Gasteiger charge is 2.37. The van der Waals surface area contributed by atoms with E-state index in [-0.39, 0.29) is 30.3 Å². The van der Waals surface area contributed by atoms with Crippen LogP contribution in [-0.4, -0.2) is 49.4 Å². The maximum atomic E-state index is 12.7. The molecule has 0 radical (unpaired) electrons. The molecule has 1 unspecified atom stereocenters. The van der Waals surface area contributed by atoms with E-state index in [1.54, 1.807) is 16.8 Å². The van der Waals surface area contributed by atoms with Gasteiger partial charge in [-0.1, -0.05) is 18.2 Å². The number of nitrogens with zero attached hydrogens (tertiary/aromatic N) is 2. The van der Waals surface area contributed by atoms with E-state index in [1.165, 1.54) is 0 Å². The third-order valence-electron chi connectivity index (χ3n) is 5.33. The third kappa shape index (κ3) is 4.73. The molecule has 1 N–H and O–H groups in total. The zero-order valence-electron chi connectivity index (χ0n) is 14.8. The van der Waals surface area contributed by atoms with E-state index in [1.807, 2.05) is 30.3 Å². The van der Waals surface area contributed by atoms with Crippen molar-refractivity contribution in [1.29, 1.82) is 0 Å². The molecular formula is C19H28ClN3O2. The van der Waals surface area contributed by atoms with Crippen molar-refractivity contribution in [2.24, 2.45) is 5.92 Å². The van der Waals surface area contributed by atoms with Crippen molar-refractivity contribution in [2.75, 3.05) is 31.6 Å². The first kappa shape index (κ1) is 19.7. The Morgan fingerprint density at radius 3 is 2.56 bits per heavy atom. The predicted octanol–water partition coefficient (Wildman–Crippen LogP) is 2.45. The third-order valence-corrected chi connectivity index (χ3v) is 5.33. The van der Waals surface area contributed by atoms with Gasteiger partial charge in [0.25, 0.3) is 0 Å². The lowest BCUT2D eigenvalue weighted by Gasteiger charge is -2.26. The topological polar surface area (TPSA) is 52.7 Å². The van der Waals surface area contributed by atoms with Gasteiger partial charge in [0.05, 0.1) is 0 Å². The van der Waals surface area contributed by atoms with Crippen LogP contribution in [0.1, 0.15) is 32.1 Å². The molecule has 2 saturated heterocycles. The minimum atomic E-state index is -0.314. The summed E-state index contributed by atoms with van der Waals surface area (Å²) in [5.74, 6) is 0.782. The molecule has 6 heteroatoms. The summed E-state index contributed by atoms with van der Waals surface area (Å²) >= 11 is 0. The molecule has 5 nitrogen and oxygen atoms in total. The van der Waals surface area contributed by atoms with Gasteiger partial charge in [-0.25, -0.2) is 0 Å². The first-order valence-corrected chi connectivity index (χ1v) is 8.99. The number of rotatable bonds is 5. The van der Waals surface area contributed by atoms with Gasteiger partial charge >= 0.3 is 0 Å². The molecule has 0 aromatic heterocycles. The Labute approximate surface area is 156 Å². The first-order chi connectivity index (χ1) is 11.7. The fourth-order valence-electron chi connectivity index (χ4n) is 3.74. The summed E-state index contributed by atoms with van der Waals surface area (Å²) in [6.07, 6.45) is 4.51. The molecule has 25 heavy (non-hydrogen) atoms. The molecule has 2 aliphatic heterocycles. The normalized spacial score (nSPS) is 21.1. The summed E-state index contributed by atoms with van der Waals surface area (Å²) in [4.78, 5) is 28.6. The fourth-order valence-corrected chi connectivity index (χ4v) is 3.74. The van der Waals surface area contributed by atoms with Gasteiger partial charge in [-0.15, -0.1) is 12.4 Å². The number of anilines is 1. The Balaban J connectivity index is 0.00000225. The number of amides is 2. The highest BCUT2D eigenvalue weighted by molar-refractivity contribution is 6.01. The summed E-state index contributed by atoms with van der Waals surface area (Å²) in [5, 5.41) is 3.35. The van der Waals surface area contributed by atoms with Crippen LogP contribution in [0.4, 0.5) is 5.69 Å². The van der Waals surface area contributed by atoms with Crippen LogP contribution >= 0.6 is 12.4 Å². The monoisotopic (exact) mass is 365 g/mol. The van der Waals surface area contributed by atoms with Crippen molar-refractivity contribution in [3.8, 4) is 0 Å². The van der Waals surface area contributed by atoms with E-state index >= 15 is 0 Å². The van der Waals surface area contributed by atoms with E-state index in [4.69, 9.17) is 0 Å². The Hall–Kier alpha value is -1.59. The zero-order valence-corrected chi connectivity index (χ0v) is 15.6. The minimum absolute atomic E-state index is 0. The highest BCUT2D eigenvalue weighted by Crippen LogP contribution is 2.25. The van der Waals surface area contributed by atoms with E-state index in [0.29, 0.717) is 25.3 Å². The molecule has 138 valence electrons. The quantitative estimate of drug-likeness (QED) is 0.872. The van der Waals surface area contributed by atoms with Gasteiger partial charge in [0.2, 0.25) is 11.8 Å². The summed E-state index contributed by atoms with van der Waals surface area (Å²) in [6.45, 7) is 2.79. The van der Waals surface area contributed by atoms with Gasteiger partial charge in [0, 0.05) is 25.7 Å². The zero-order chi connectivity index (χ0) is 16.9. The molecule has 2 heterocycles. The second kappa shape index (κ2) is 9.20. The summed E-state index contributed by atoms with van der Waals surface area (Å²) in [6, 6.07) is 9.38. The van der Waals surface area contributed by atoms with E-state index in [9.17, 15) is 9.59 Å². The summed E-state index contributed by atoms with van der Waals surface area (Å²) < 4.78 is 0. The number of halogens is 1. The Bertz CT molecular complexity index is 575.